The number of hydrogen-bond donors (Lipinski definition) is 0. The van der Waals surface area contributed by atoms with Crippen molar-refractivity contribution < 1.29 is 4.74 Å². The third-order valence-electron chi connectivity index (χ3n) is 1.65. The van der Waals surface area contributed by atoms with Crippen LogP contribution in [0.1, 0.15) is 19.8 Å². The molecule has 1 nitrogen and oxygen atoms in total. The number of hydrogen-bond acceptors (Lipinski definition) is 1. The van der Waals surface area contributed by atoms with E-state index in [4.69, 9.17) is 4.74 Å². The van der Waals surface area contributed by atoms with Crippen LogP contribution in [-0.2, 0) is 4.74 Å². The van der Waals surface area contributed by atoms with Crippen LogP contribution in [0.25, 0.3) is 0 Å². The van der Waals surface area contributed by atoms with Crippen LogP contribution in [0.15, 0.2) is 23.5 Å². The monoisotopic (exact) mass is 216 g/mol. The fourth-order valence-electron chi connectivity index (χ4n) is 1.06. The molecule has 62 valence electrons. The smallest absolute Gasteiger partial charge is 0.118 e. The molecule has 0 aromatic heterocycles. The molecule has 0 spiro atoms. The Labute approximate surface area is 76.3 Å². The first-order valence-electron chi connectivity index (χ1n) is 3.90. The van der Waals surface area contributed by atoms with Crippen LogP contribution >= 0.6 is 15.9 Å². The van der Waals surface area contributed by atoms with Gasteiger partial charge >= 0.3 is 0 Å². The second-order valence-corrected chi connectivity index (χ2v) is 3.36. The van der Waals surface area contributed by atoms with E-state index in [-0.39, 0.29) is 0 Å². The van der Waals surface area contributed by atoms with E-state index < -0.39 is 0 Å². The van der Waals surface area contributed by atoms with Crippen molar-refractivity contribution in [3.05, 3.63) is 23.5 Å². The van der Waals surface area contributed by atoms with Crippen molar-refractivity contribution >= 4 is 15.9 Å². The van der Waals surface area contributed by atoms with Gasteiger partial charge in [0.25, 0.3) is 0 Å². The predicted octanol–water partition coefficient (Wildman–Crippen LogP) is 3.02. The minimum atomic E-state index is 0.856. The highest BCUT2D eigenvalue weighted by Crippen LogP contribution is 2.18. The molecule has 0 aliphatic carbocycles. The van der Waals surface area contributed by atoms with Gasteiger partial charge in [0.1, 0.15) is 5.76 Å². The van der Waals surface area contributed by atoms with E-state index in [1.165, 1.54) is 5.57 Å². The molecule has 0 radical (unpaired) electrons. The quantitative estimate of drug-likeness (QED) is 0.660. The van der Waals surface area contributed by atoms with Gasteiger partial charge in [0.05, 0.1) is 6.61 Å². The van der Waals surface area contributed by atoms with E-state index in [2.05, 4.69) is 35.0 Å². The Bertz CT molecular complexity index is 182. The largest absolute Gasteiger partial charge is 0.493 e. The second-order valence-electron chi connectivity index (χ2n) is 2.57. The van der Waals surface area contributed by atoms with Gasteiger partial charge in [-0.2, -0.15) is 0 Å². The molecule has 0 saturated carbocycles. The lowest BCUT2D eigenvalue weighted by atomic mass is 10.2. The molecule has 0 bridgehead atoms. The van der Waals surface area contributed by atoms with Gasteiger partial charge in [0.2, 0.25) is 0 Å². The SMILES string of the molecule is CC(=CCCBr)C1=CCCO1. The number of ether oxygens (including phenoxy) is 1. The van der Waals surface area contributed by atoms with Crippen LogP contribution in [0.3, 0.4) is 0 Å². The van der Waals surface area contributed by atoms with Gasteiger partial charge in [-0.1, -0.05) is 22.0 Å². The second kappa shape index (κ2) is 4.60. The molecule has 2 heteroatoms. The number of allylic oxidation sites excluding steroid dienone is 2. The average Bonchev–Trinajstić information content (AvgIpc) is 2.52. The Kier molecular flexibility index (Phi) is 3.70. The standard InChI is InChI=1S/C9H13BrO/c1-8(4-2-6-10)9-5-3-7-11-9/h4-5H,2-3,6-7H2,1H3. The molecule has 1 heterocycles. The maximum atomic E-state index is 5.39. The first kappa shape index (κ1) is 8.85. The summed E-state index contributed by atoms with van der Waals surface area (Å²) in [6, 6.07) is 0. The molecular formula is C9H13BrO. The van der Waals surface area contributed by atoms with Crippen LogP contribution < -0.4 is 0 Å². The van der Waals surface area contributed by atoms with Gasteiger partial charge in [0.15, 0.2) is 0 Å². The zero-order valence-corrected chi connectivity index (χ0v) is 8.36. The zero-order valence-electron chi connectivity index (χ0n) is 6.77. The van der Waals surface area contributed by atoms with Crippen molar-refractivity contribution in [1.82, 2.24) is 0 Å². The Balaban J connectivity index is 2.45. The van der Waals surface area contributed by atoms with Crippen molar-refractivity contribution in [2.75, 3.05) is 11.9 Å². The summed E-state index contributed by atoms with van der Waals surface area (Å²) >= 11 is 3.38. The summed E-state index contributed by atoms with van der Waals surface area (Å²) in [6.07, 6.45) is 6.49. The summed E-state index contributed by atoms with van der Waals surface area (Å²) in [7, 11) is 0. The lowest BCUT2D eigenvalue weighted by molar-refractivity contribution is 0.252. The number of halogens is 1. The minimum Gasteiger partial charge on any atom is -0.493 e. The minimum absolute atomic E-state index is 0.856. The lowest BCUT2D eigenvalue weighted by Crippen LogP contribution is -1.87. The summed E-state index contributed by atoms with van der Waals surface area (Å²) in [6.45, 7) is 2.95. The molecule has 1 rings (SSSR count). The van der Waals surface area contributed by atoms with E-state index in [0.29, 0.717) is 0 Å². The topological polar surface area (TPSA) is 9.23 Å². The summed E-state index contributed by atoms with van der Waals surface area (Å²) in [5.41, 5.74) is 1.27. The van der Waals surface area contributed by atoms with Gasteiger partial charge in [-0.3, -0.25) is 0 Å². The third-order valence-corrected chi connectivity index (χ3v) is 2.11. The van der Waals surface area contributed by atoms with Crippen LogP contribution in [0.5, 0.6) is 0 Å². The van der Waals surface area contributed by atoms with Crippen LogP contribution in [0.4, 0.5) is 0 Å². The molecule has 0 saturated heterocycles. The number of rotatable bonds is 3. The summed E-state index contributed by atoms with van der Waals surface area (Å²) < 4.78 is 5.39. The molecule has 0 unspecified atom stereocenters. The predicted molar refractivity (Wildman–Crippen MR) is 50.8 cm³/mol. The lowest BCUT2D eigenvalue weighted by Gasteiger charge is -2.02. The van der Waals surface area contributed by atoms with Crippen molar-refractivity contribution in [2.24, 2.45) is 0 Å². The molecule has 11 heavy (non-hydrogen) atoms. The molecule has 0 atom stereocenters. The van der Waals surface area contributed by atoms with E-state index in [0.717, 1.165) is 30.5 Å². The van der Waals surface area contributed by atoms with Crippen molar-refractivity contribution in [2.45, 2.75) is 19.8 Å². The first-order chi connectivity index (χ1) is 5.34. The third kappa shape index (κ3) is 2.70. The van der Waals surface area contributed by atoms with Crippen molar-refractivity contribution in [1.29, 1.82) is 0 Å². The average molecular weight is 217 g/mol. The van der Waals surface area contributed by atoms with Gasteiger partial charge in [-0.05, 0) is 25.0 Å². The Morgan fingerprint density at radius 1 is 1.82 bits per heavy atom. The Morgan fingerprint density at radius 3 is 3.18 bits per heavy atom. The molecule has 0 aromatic carbocycles. The highest BCUT2D eigenvalue weighted by Gasteiger charge is 2.05. The molecule has 0 aromatic rings. The first-order valence-corrected chi connectivity index (χ1v) is 5.03. The maximum Gasteiger partial charge on any atom is 0.118 e. The molecular weight excluding hydrogens is 204 g/mol. The fourth-order valence-corrected chi connectivity index (χ4v) is 1.29. The summed E-state index contributed by atoms with van der Waals surface area (Å²) in [5.74, 6) is 1.07. The van der Waals surface area contributed by atoms with Gasteiger partial charge in [-0.15, -0.1) is 0 Å². The van der Waals surface area contributed by atoms with Crippen molar-refractivity contribution in [3.8, 4) is 0 Å². The van der Waals surface area contributed by atoms with E-state index >= 15 is 0 Å². The Hall–Kier alpha value is -0.240. The van der Waals surface area contributed by atoms with Crippen LogP contribution in [-0.4, -0.2) is 11.9 Å². The Morgan fingerprint density at radius 2 is 2.64 bits per heavy atom. The van der Waals surface area contributed by atoms with E-state index in [1.807, 2.05) is 0 Å². The molecule has 0 amide bonds. The van der Waals surface area contributed by atoms with E-state index in [9.17, 15) is 0 Å². The fraction of sp³-hybridized carbons (Fsp3) is 0.556. The summed E-state index contributed by atoms with van der Waals surface area (Å²) in [5, 5.41) is 1.03. The number of alkyl halides is 1. The highest BCUT2D eigenvalue weighted by atomic mass is 79.9. The van der Waals surface area contributed by atoms with Crippen molar-refractivity contribution in [3.63, 3.8) is 0 Å². The molecule has 1 aliphatic heterocycles. The zero-order chi connectivity index (χ0) is 8.10. The van der Waals surface area contributed by atoms with Crippen LogP contribution in [0, 0.1) is 0 Å². The summed E-state index contributed by atoms with van der Waals surface area (Å²) in [4.78, 5) is 0. The molecule has 0 N–H and O–H groups in total. The van der Waals surface area contributed by atoms with Crippen LogP contribution in [0.2, 0.25) is 0 Å². The highest BCUT2D eigenvalue weighted by molar-refractivity contribution is 9.09. The van der Waals surface area contributed by atoms with Gasteiger partial charge in [-0.25, -0.2) is 0 Å². The van der Waals surface area contributed by atoms with E-state index in [1.54, 1.807) is 0 Å². The molecule has 1 aliphatic rings. The normalized spacial score (nSPS) is 18.0. The van der Waals surface area contributed by atoms with Gasteiger partial charge < -0.3 is 4.74 Å². The molecule has 0 fully saturated rings. The maximum absolute atomic E-state index is 5.39. The van der Waals surface area contributed by atoms with Gasteiger partial charge in [0, 0.05) is 11.8 Å².